The van der Waals surface area contributed by atoms with Crippen LogP contribution in [0.3, 0.4) is 0 Å². The van der Waals surface area contributed by atoms with Crippen LogP contribution >= 0.6 is 11.3 Å². The third kappa shape index (κ3) is 4.63. The number of carbonyl (C=O) groups excluding carboxylic acids is 1. The van der Waals surface area contributed by atoms with Gasteiger partial charge in [-0.1, -0.05) is 12.1 Å². The molecule has 2 aromatic carbocycles. The number of carbonyl (C=O) groups is 1. The maximum Gasteiger partial charge on any atom is 0.255 e. The number of methoxy groups -OCH3 is 3. The molecule has 1 N–H and O–H groups in total. The Morgan fingerprint density at radius 2 is 1.69 bits per heavy atom. The number of benzene rings is 2. The first kappa shape index (κ1) is 21.9. The van der Waals surface area contributed by atoms with E-state index in [1.807, 2.05) is 29.6 Å². The van der Waals surface area contributed by atoms with E-state index in [-0.39, 0.29) is 5.91 Å². The summed E-state index contributed by atoms with van der Waals surface area (Å²) in [6.45, 7) is 3.18. The maximum absolute atomic E-state index is 12.8. The summed E-state index contributed by atoms with van der Waals surface area (Å²) in [5, 5.41) is 5.96. The van der Waals surface area contributed by atoms with Crippen molar-refractivity contribution < 1.29 is 23.7 Å². The van der Waals surface area contributed by atoms with Crippen LogP contribution < -0.4 is 24.4 Å². The van der Waals surface area contributed by atoms with Gasteiger partial charge in [0, 0.05) is 35.3 Å². The summed E-state index contributed by atoms with van der Waals surface area (Å²) < 4.78 is 21.4. The Morgan fingerprint density at radius 1 is 1.03 bits per heavy atom. The number of hydrogen-bond acceptors (Lipinski definition) is 8. The lowest BCUT2D eigenvalue weighted by Gasteiger charge is -2.26. The average Bonchev–Trinajstić information content (AvgIpc) is 3.34. The van der Waals surface area contributed by atoms with Crippen molar-refractivity contribution in [2.75, 3.05) is 57.8 Å². The molecule has 2 heterocycles. The Morgan fingerprint density at radius 3 is 2.28 bits per heavy atom. The molecule has 0 bridgehead atoms. The van der Waals surface area contributed by atoms with Crippen molar-refractivity contribution >= 4 is 28.1 Å². The molecule has 4 rings (SSSR count). The molecule has 1 fully saturated rings. The molecule has 0 saturated carbocycles. The molecule has 0 aliphatic carbocycles. The summed E-state index contributed by atoms with van der Waals surface area (Å²) in [7, 11) is 4.55. The first-order valence-electron chi connectivity index (χ1n) is 10.1. The highest BCUT2D eigenvalue weighted by Gasteiger charge is 2.18. The normalized spacial score (nSPS) is 13.5. The molecule has 1 aliphatic rings. The molecule has 1 aromatic heterocycles. The van der Waals surface area contributed by atoms with E-state index in [1.165, 1.54) is 21.3 Å². The van der Waals surface area contributed by atoms with E-state index in [4.69, 9.17) is 23.9 Å². The predicted octanol–water partition coefficient (Wildman–Crippen LogP) is 3.92. The fraction of sp³-hybridized carbons (Fsp3) is 0.304. The van der Waals surface area contributed by atoms with Crippen molar-refractivity contribution in [2.45, 2.75) is 0 Å². The van der Waals surface area contributed by atoms with Crippen LogP contribution in [0.15, 0.2) is 41.8 Å². The lowest BCUT2D eigenvalue weighted by atomic mass is 10.1. The number of thiazole rings is 1. The topological polar surface area (TPSA) is 82.2 Å². The zero-order valence-corrected chi connectivity index (χ0v) is 19.0. The van der Waals surface area contributed by atoms with Crippen LogP contribution in [0.25, 0.3) is 11.3 Å². The smallest absolute Gasteiger partial charge is 0.255 e. The Balaban J connectivity index is 1.47. The highest BCUT2D eigenvalue weighted by molar-refractivity contribution is 7.14. The van der Waals surface area contributed by atoms with Gasteiger partial charge < -0.3 is 29.2 Å². The van der Waals surface area contributed by atoms with Crippen LogP contribution in [-0.2, 0) is 4.74 Å². The summed E-state index contributed by atoms with van der Waals surface area (Å²) in [6, 6.07) is 10.9. The Labute approximate surface area is 190 Å². The molecule has 0 unspecified atom stereocenters. The molecule has 1 amide bonds. The first-order valence-corrected chi connectivity index (χ1v) is 11.0. The number of morpholine rings is 1. The molecule has 8 nitrogen and oxygen atoms in total. The highest BCUT2D eigenvalue weighted by Crippen LogP contribution is 2.38. The average molecular weight is 456 g/mol. The van der Waals surface area contributed by atoms with Gasteiger partial charge in [-0.25, -0.2) is 4.98 Å². The third-order valence-corrected chi connectivity index (χ3v) is 6.04. The van der Waals surface area contributed by atoms with Gasteiger partial charge in [-0.3, -0.25) is 4.79 Å². The van der Waals surface area contributed by atoms with Crippen molar-refractivity contribution in [3.63, 3.8) is 0 Å². The standard InChI is InChI=1S/C23H25N3O5S/c1-28-19-12-16(13-20(29-2)21(19)30-3)22(27)24-17-6-4-15(5-7-17)18-14-32-23(25-18)26-8-10-31-11-9-26/h4-7,12-14H,8-11H2,1-3H3,(H,24,27). The van der Waals surface area contributed by atoms with E-state index in [9.17, 15) is 4.79 Å². The van der Waals surface area contributed by atoms with E-state index < -0.39 is 0 Å². The third-order valence-electron chi connectivity index (χ3n) is 5.14. The maximum atomic E-state index is 12.8. The number of ether oxygens (including phenoxy) is 4. The summed E-state index contributed by atoms with van der Waals surface area (Å²) in [5.41, 5.74) is 2.99. The second-order valence-electron chi connectivity index (χ2n) is 7.06. The van der Waals surface area contributed by atoms with Gasteiger partial charge in [0.05, 0.1) is 40.2 Å². The number of anilines is 2. The Hall–Kier alpha value is -3.30. The lowest BCUT2D eigenvalue weighted by Crippen LogP contribution is -2.36. The van der Waals surface area contributed by atoms with Gasteiger partial charge in [0.2, 0.25) is 5.75 Å². The van der Waals surface area contributed by atoms with E-state index in [0.717, 1.165) is 42.7 Å². The molecule has 0 radical (unpaired) electrons. The second kappa shape index (κ2) is 9.88. The minimum atomic E-state index is -0.278. The van der Waals surface area contributed by atoms with E-state index >= 15 is 0 Å². The van der Waals surface area contributed by atoms with Gasteiger partial charge in [0.1, 0.15) is 0 Å². The summed E-state index contributed by atoms with van der Waals surface area (Å²) in [5.74, 6) is 1.01. The fourth-order valence-electron chi connectivity index (χ4n) is 3.44. The summed E-state index contributed by atoms with van der Waals surface area (Å²) in [4.78, 5) is 19.8. The first-order chi connectivity index (χ1) is 15.6. The molecule has 32 heavy (non-hydrogen) atoms. The fourth-order valence-corrected chi connectivity index (χ4v) is 4.33. The highest BCUT2D eigenvalue weighted by atomic mass is 32.1. The molecular weight excluding hydrogens is 430 g/mol. The largest absolute Gasteiger partial charge is 0.493 e. The molecule has 9 heteroatoms. The monoisotopic (exact) mass is 455 g/mol. The number of nitrogens with one attached hydrogen (secondary N) is 1. The zero-order chi connectivity index (χ0) is 22.5. The van der Waals surface area contributed by atoms with Crippen LogP contribution in [-0.4, -0.2) is 58.5 Å². The van der Waals surface area contributed by atoms with Crippen molar-refractivity contribution in [1.29, 1.82) is 0 Å². The Bertz CT molecular complexity index is 1050. The molecule has 168 valence electrons. The molecule has 0 spiro atoms. The number of hydrogen-bond donors (Lipinski definition) is 1. The number of amides is 1. The van der Waals surface area contributed by atoms with Crippen molar-refractivity contribution in [1.82, 2.24) is 4.98 Å². The van der Waals surface area contributed by atoms with Gasteiger partial charge in [0.25, 0.3) is 5.91 Å². The minimum absolute atomic E-state index is 0.278. The molecule has 3 aromatic rings. The van der Waals surface area contributed by atoms with Gasteiger partial charge in [-0.05, 0) is 24.3 Å². The predicted molar refractivity (Wildman–Crippen MR) is 125 cm³/mol. The van der Waals surface area contributed by atoms with E-state index in [2.05, 4.69) is 10.2 Å². The van der Waals surface area contributed by atoms with Gasteiger partial charge >= 0.3 is 0 Å². The van der Waals surface area contributed by atoms with Crippen LogP contribution in [0.5, 0.6) is 17.2 Å². The summed E-state index contributed by atoms with van der Waals surface area (Å²) >= 11 is 1.63. The summed E-state index contributed by atoms with van der Waals surface area (Å²) in [6.07, 6.45) is 0. The molecular formula is C23H25N3O5S. The second-order valence-corrected chi connectivity index (χ2v) is 7.90. The Kier molecular flexibility index (Phi) is 6.77. The quantitative estimate of drug-likeness (QED) is 0.578. The number of nitrogens with zero attached hydrogens (tertiary/aromatic N) is 2. The van der Waals surface area contributed by atoms with E-state index in [0.29, 0.717) is 28.5 Å². The van der Waals surface area contributed by atoms with Crippen LogP contribution in [0.1, 0.15) is 10.4 Å². The number of rotatable bonds is 7. The van der Waals surface area contributed by atoms with E-state index in [1.54, 1.807) is 23.5 Å². The lowest BCUT2D eigenvalue weighted by molar-refractivity contribution is 0.102. The van der Waals surface area contributed by atoms with Crippen molar-refractivity contribution in [3.8, 4) is 28.5 Å². The van der Waals surface area contributed by atoms with Crippen LogP contribution in [0.4, 0.5) is 10.8 Å². The molecule has 1 aliphatic heterocycles. The van der Waals surface area contributed by atoms with Crippen molar-refractivity contribution in [3.05, 3.63) is 47.3 Å². The molecule has 0 atom stereocenters. The SMILES string of the molecule is COc1cc(C(=O)Nc2ccc(-c3csc(N4CCOCC4)n3)cc2)cc(OC)c1OC. The van der Waals surface area contributed by atoms with Crippen LogP contribution in [0.2, 0.25) is 0 Å². The van der Waals surface area contributed by atoms with Gasteiger partial charge in [-0.15, -0.1) is 11.3 Å². The van der Waals surface area contributed by atoms with Gasteiger partial charge in [0.15, 0.2) is 16.6 Å². The zero-order valence-electron chi connectivity index (χ0n) is 18.2. The minimum Gasteiger partial charge on any atom is -0.493 e. The van der Waals surface area contributed by atoms with Crippen LogP contribution in [0, 0.1) is 0 Å². The number of aromatic nitrogens is 1. The van der Waals surface area contributed by atoms with Crippen molar-refractivity contribution in [2.24, 2.45) is 0 Å². The molecule has 1 saturated heterocycles. The van der Waals surface area contributed by atoms with Gasteiger partial charge in [-0.2, -0.15) is 0 Å².